The Kier molecular flexibility index (Phi) is 4.06. The van der Waals surface area contributed by atoms with Crippen LogP contribution >= 0.6 is 0 Å². The summed E-state index contributed by atoms with van der Waals surface area (Å²) in [5.74, 6) is -0.431. The van der Waals surface area contributed by atoms with Gasteiger partial charge in [0, 0.05) is 12.6 Å². The van der Waals surface area contributed by atoms with Crippen molar-refractivity contribution in [1.82, 2.24) is 4.90 Å². The number of aromatic hydroxyl groups is 2. The van der Waals surface area contributed by atoms with Crippen molar-refractivity contribution in [2.75, 3.05) is 19.6 Å². The zero-order chi connectivity index (χ0) is 13.1. The molecule has 1 aliphatic rings. The Morgan fingerprint density at radius 1 is 1.17 bits per heavy atom. The lowest BCUT2D eigenvalue weighted by atomic mass is 10.0. The molecule has 5 nitrogen and oxygen atoms in total. The molecule has 0 aromatic heterocycles. The summed E-state index contributed by atoms with van der Waals surface area (Å²) in [6.45, 7) is 2.70. The molecule has 100 valence electrons. The highest BCUT2D eigenvalue weighted by Crippen LogP contribution is 2.28. The van der Waals surface area contributed by atoms with Crippen LogP contribution in [0.5, 0.6) is 11.5 Å². The number of hydrogen-bond donors (Lipinski definition) is 4. The van der Waals surface area contributed by atoms with Gasteiger partial charge in [0.15, 0.2) is 11.5 Å². The summed E-state index contributed by atoms with van der Waals surface area (Å²) in [5.41, 5.74) is 6.51. The molecule has 0 saturated carbocycles. The second-order valence-electron chi connectivity index (χ2n) is 4.86. The molecular weight excluding hydrogens is 232 g/mol. The van der Waals surface area contributed by atoms with E-state index in [1.807, 2.05) is 0 Å². The zero-order valence-corrected chi connectivity index (χ0v) is 10.3. The van der Waals surface area contributed by atoms with Crippen molar-refractivity contribution in [3.8, 4) is 11.5 Å². The van der Waals surface area contributed by atoms with E-state index in [0.717, 1.165) is 13.1 Å². The van der Waals surface area contributed by atoms with Crippen molar-refractivity contribution in [3.63, 3.8) is 0 Å². The highest BCUT2D eigenvalue weighted by molar-refractivity contribution is 5.41. The molecule has 1 aromatic carbocycles. The normalized spacial score (nSPS) is 19.9. The summed E-state index contributed by atoms with van der Waals surface area (Å²) in [6, 6.07) is 3.89. The number of aliphatic hydroxyl groups is 1. The first kappa shape index (κ1) is 13.1. The molecule has 5 N–H and O–H groups in total. The quantitative estimate of drug-likeness (QED) is 0.588. The first-order valence-corrected chi connectivity index (χ1v) is 6.26. The molecule has 1 aromatic rings. The van der Waals surface area contributed by atoms with E-state index in [1.165, 1.54) is 25.0 Å². The monoisotopic (exact) mass is 252 g/mol. The highest BCUT2D eigenvalue weighted by atomic mass is 16.3. The lowest BCUT2D eigenvalue weighted by Gasteiger charge is -2.24. The molecule has 1 heterocycles. The predicted molar refractivity (Wildman–Crippen MR) is 68.4 cm³/mol. The van der Waals surface area contributed by atoms with Crippen LogP contribution < -0.4 is 5.73 Å². The lowest BCUT2D eigenvalue weighted by molar-refractivity contribution is 0.125. The van der Waals surface area contributed by atoms with Gasteiger partial charge >= 0.3 is 0 Å². The van der Waals surface area contributed by atoms with E-state index in [-0.39, 0.29) is 11.5 Å². The third kappa shape index (κ3) is 2.93. The molecule has 1 saturated heterocycles. The highest BCUT2D eigenvalue weighted by Gasteiger charge is 2.22. The number of hydrogen-bond acceptors (Lipinski definition) is 5. The molecule has 0 spiro atoms. The van der Waals surface area contributed by atoms with E-state index in [2.05, 4.69) is 4.90 Å². The van der Waals surface area contributed by atoms with Gasteiger partial charge in [0.2, 0.25) is 0 Å². The molecule has 1 aliphatic heterocycles. The van der Waals surface area contributed by atoms with E-state index >= 15 is 0 Å². The number of phenolic OH excluding ortho intramolecular Hbond substituents is 2. The smallest absolute Gasteiger partial charge is 0.157 e. The van der Waals surface area contributed by atoms with Crippen LogP contribution in [-0.4, -0.2) is 45.9 Å². The number of rotatable bonds is 4. The summed E-state index contributed by atoms with van der Waals surface area (Å²) >= 11 is 0. The molecular formula is C13H20N2O3. The van der Waals surface area contributed by atoms with Gasteiger partial charge < -0.3 is 26.0 Å². The number of benzene rings is 1. The number of aliphatic hydroxyl groups excluding tert-OH is 1. The summed E-state index contributed by atoms with van der Waals surface area (Å²) < 4.78 is 0. The van der Waals surface area contributed by atoms with Crippen LogP contribution in [0.2, 0.25) is 0 Å². The van der Waals surface area contributed by atoms with Crippen molar-refractivity contribution in [1.29, 1.82) is 0 Å². The fraction of sp³-hybridized carbons (Fsp3) is 0.538. The second-order valence-corrected chi connectivity index (χ2v) is 4.86. The summed E-state index contributed by atoms with van der Waals surface area (Å²) in [6.07, 6.45) is 1.53. The second kappa shape index (κ2) is 5.56. The fourth-order valence-electron chi connectivity index (χ4n) is 2.33. The van der Waals surface area contributed by atoms with E-state index in [1.54, 1.807) is 6.07 Å². The third-order valence-electron chi connectivity index (χ3n) is 3.41. The first-order chi connectivity index (χ1) is 8.58. The minimum absolute atomic E-state index is 0.195. The third-order valence-corrected chi connectivity index (χ3v) is 3.41. The molecule has 0 aliphatic carbocycles. The van der Waals surface area contributed by atoms with Crippen molar-refractivity contribution in [2.45, 2.75) is 25.0 Å². The molecule has 2 atom stereocenters. The largest absolute Gasteiger partial charge is 0.504 e. The zero-order valence-electron chi connectivity index (χ0n) is 10.3. The van der Waals surface area contributed by atoms with Crippen molar-refractivity contribution in [2.24, 2.45) is 5.73 Å². The average molecular weight is 252 g/mol. The van der Waals surface area contributed by atoms with Crippen LogP contribution in [0.4, 0.5) is 0 Å². The van der Waals surface area contributed by atoms with Gasteiger partial charge in [-0.25, -0.2) is 0 Å². The molecule has 0 bridgehead atoms. The molecule has 18 heavy (non-hydrogen) atoms. The maximum atomic E-state index is 10.1. The van der Waals surface area contributed by atoms with E-state index in [4.69, 9.17) is 5.73 Å². The van der Waals surface area contributed by atoms with Crippen molar-refractivity contribution >= 4 is 0 Å². The van der Waals surface area contributed by atoms with Gasteiger partial charge in [-0.05, 0) is 43.6 Å². The minimum Gasteiger partial charge on any atom is -0.504 e. The predicted octanol–water partition coefficient (Wildman–Crippen LogP) is 0.554. The number of nitrogens with zero attached hydrogens (tertiary/aromatic N) is 1. The van der Waals surface area contributed by atoms with Gasteiger partial charge in [0.05, 0.1) is 6.10 Å². The van der Waals surface area contributed by atoms with Crippen LogP contribution in [0.25, 0.3) is 0 Å². The Balaban J connectivity index is 2.00. The topological polar surface area (TPSA) is 90.0 Å². The number of likely N-dealkylation sites (tertiary alicyclic amines) is 1. The standard InChI is InChI=1S/C13H20N2O3/c14-10(8-15-5-1-2-6-15)13(18)9-3-4-11(16)12(17)7-9/h3-4,7,10,13,16-18H,1-2,5-6,8,14H2/t10-,13-/m1/s1. The SMILES string of the molecule is N[C@H](CN1CCCC1)[C@H](O)c1ccc(O)c(O)c1. The molecule has 5 heteroatoms. The van der Waals surface area contributed by atoms with Gasteiger partial charge in [-0.15, -0.1) is 0 Å². The van der Waals surface area contributed by atoms with Crippen LogP contribution in [0.3, 0.4) is 0 Å². The lowest BCUT2D eigenvalue weighted by Crippen LogP contribution is -2.40. The van der Waals surface area contributed by atoms with Gasteiger partial charge in [-0.3, -0.25) is 0 Å². The summed E-state index contributed by atoms with van der Waals surface area (Å²) in [4.78, 5) is 2.23. The fourth-order valence-corrected chi connectivity index (χ4v) is 2.33. The molecule has 0 unspecified atom stereocenters. The molecule has 0 amide bonds. The Morgan fingerprint density at radius 3 is 2.44 bits per heavy atom. The van der Waals surface area contributed by atoms with Gasteiger partial charge in [-0.2, -0.15) is 0 Å². The van der Waals surface area contributed by atoms with Crippen LogP contribution in [0.15, 0.2) is 18.2 Å². The van der Waals surface area contributed by atoms with Crippen LogP contribution in [0.1, 0.15) is 24.5 Å². The summed E-state index contributed by atoms with van der Waals surface area (Å²) in [7, 11) is 0. The first-order valence-electron chi connectivity index (χ1n) is 6.26. The number of nitrogens with two attached hydrogens (primary N) is 1. The van der Waals surface area contributed by atoms with Gasteiger partial charge in [0.1, 0.15) is 0 Å². The van der Waals surface area contributed by atoms with Crippen molar-refractivity contribution < 1.29 is 15.3 Å². The van der Waals surface area contributed by atoms with E-state index in [9.17, 15) is 15.3 Å². The van der Waals surface area contributed by atoms with Crippen LogP contribution in [-0.2, 0) is 0 Å². The van der Waals surface area contributed by atoms with E-state index < -0.39 is 12.1 Å². The maximum absolute atomic E-state index is 10.1. The minimum atomic E-state index is -0.836. The Hall–Kier alpha value is -1.30. The van der Waals surface area contributed by atoms with E-state index in [0.29, 0.717) is 12.1 Å². The molecule has 0 radical (unpaired) electrons. The average Bonchev–Trinajstić information content (AvgIpc) is 2.84. The van der Waals surface area contributed by atoms with Crippen molar-refractivity contribution in [3.05, 3.63) is 23.8 Å². The number of phenols is 2. The van der Waals surface area contributed by atoms with Crippen LogP contribution in [0, 0.1) is 0 Å². The van der Waals surface area contributed by atoms with Gasteiger partial charge in [0.25, 0.3) is 0 Å². The Bertz CT molecular complexity index is 405. The molecule has 1 fully saturated rings. The Morgan fingerprint density at radius 2 is 1.83 bits per heavy atom. The maximum Gasteiger partial charge on any atom is 0.157 e. The summed E-state index contributed by atoms with van der Waals surface area (Å²) in [5, 5.41) is 28.7. The molecule has 2 rings (SSSR count). The Labute approximate surface area is 106 Å². The van der Waals surface area contributed by atoms with Gasteiger partial charge in [-0.1, -0.05) is 6.07 Å².